The highest BCUT2D eigenvalue weighted by molar-refractivity contribution is 6.04. The molecule has 0 N–H and O–H groups in total. The van der Waals surface area contributed by atoms with Crippen molar-refractivity contribution in [2.45, 2.75) is 6.54 Å². The smallest absolute Gasteiger partial charge is 0.276 e. The molecule has 0 bridgehead atoms. The van der Waals surface area contributed by atoms with E-state index in [9.17, 15) is 4.79 Å². The zero-order chi connectivity index (χ0) is 15.4. The molecule has 0 unspecified atom stereocenters. The number of pyridine rings is 1. The molecule has 3 rings (SSSR count). The van der Waals surface area contributed by atoms with Crippen LogP contribution < -0.4 is 4.90 Å². The van der Waals surface area contributed by atoms with Crippen molar-refractivity contribution in [1.29, 1.82) is 0 Å². The third-order valence-electron chi connectivity index (χ3n) is 3.47. The summed E-state index contributed by atoms with van der Waals surface area (Å²) in [4.78, 5) is 22.4. The molecule has 0 fully saturated rings. The second-order valence-corrected chi connectivity index (χ2v) is 4.97. The van der Waals surface area contributed by atoms with Gasteiger partial charge in [-0.05, 0) is 17.7 Å². The highest BCUT2D eigenvalue weighted by atomic mass is 16.2. The zero-order valence-corrected chi connectivity index (χ0v) is 12.3. The van der Waals surface area contributed by atoms with Crippen molar-refractivity contribution in [2.75, 3.05) is 11.9 Å². The van der Waals surface area contributed by atoms with Crippen molar-refractivity contribution >= 4 is 11.6 Å². The molecule has 0 aliphatic rings. The lowest BCUT2D eigenvalue weighted by Gasteiger charge is -2.17. The molecule has 2 heterocycles. The predicted molar refractivity (Wildman–Crippen MR) is 84.7 cm³/mol. The van der Waals surface area contributed by atoms with Crippen LogP contribution in [0.25, 0.3) is 0 Å². The van der Waals surface area contributed by atoms with Gasteiger partial charge in [-0.15, -0.1) is 0 Å². The fourth-order valence-corrected chi connectivity index (χ4v) is 2.25. The molecule has 5 heteroatoms. The number of hydrogen-bond donors (Lipinski definition) is 0. The maximum absolute atomic E-state index is 12.7. The molecule has 2 aromatic heterocycles. The predicted octanol–water partition coefficient (Wildman–Crippen LogP) is 2.60. The Morgan fingerprint density at radius 1 is 1.09 bits per heavy atom. The van der Waals surface area contributed by atoms with E-state index in [0.717, 1.165) is 11.3 Å². The molecular weight excluding hydrogens is 276 g/mol. The Labute approximate surface area is 128 Å². The fourth-order valence-electron chi connectivity index (χ4n) is 2.25. The number of rotatable bonds is 4. The standard InChI is InChI=1S/C17H16N4O/c1-20(15-8-5-9-18-10-15)17(22)16-11-19-13-21(16)12-14-6-3-2-4-7-14/h2-11,13H,12H2,1H3. The van der Waals surface area contributed by atoms with Crippen LogP contribution >= 0.6 is 0 Å². The summed E-state index contributed by atoms with van der Waals surface area (Å²) in [6.07, 6.45) is 6.62. The molecule has 0 spiro atoms. The van der Waals surface area contributed by atoms with Crippen LogP contribution in [0.4, 0.5) is 5.69 Å². The molecule has 0 radical (unpaired) electrons. The number of anilines is 1. The average Bonchev–Trinajstić information content (AvgIpc) is 3.03. The molecule has 5 nitrogen and oxygen atoms in total. The Kier molecular flexibility index (Phi) is 3.96. The van der Waals surface area contributed by atoms with Crippen molar-refractivity contribution in [2.24, 2.45) is 0 Å². The average molecular weight is 292 g/mol. The van der Waals surface area contributed by atoms with Crippen molar-refractivity contribution in [3.63, 3.8) is 0 Å². The van der Waals surface area contributed by atoms with E-state index in [1.807, 2.05) is 41.0 Å². The van der Waals surface area contributed by atoms with E-state index in [1.165, 1.54) is 0 Å². The van der Waals surface area contributed by atoms with Gasteiger partial charge in [-0.25, -0.2) is 4.98 Å². The number of carbonyl (C=O) groups excluding carboxylic acids is 1. The van der Waals surface area contributed by atoms with Crippen molar-refractivity contribution in [1.82, 2.24) is 14.5 Å². The second kappa shape index (κ2) is 6.22. The minimum absolute atomic E-state index is 0.110. The van der Waals surface area contributed by atoms with Crippen LogP contribution in [-0.4, -0.2) is 27.5 Å². The highest BCUT2D eigenvalue weighted by Crippen LogP contribution is 2.14. The molecule has 110 valence electrons. The van der Waals surface area contributed by atoms with E-state index in [1.54, 1.807) is 42.9 Å². The van der Waals surface area contributed by atoms with Gasteiger partial charge >= 0.3 is 0 Å². The quantitative estimate of drug-likeness (QED) is 0.742. The minimum Gasteiger partial charge on any atom is -0.322 e. The van der Waals surface area contributed by atoms with Gasteiger partial charge in [0.15, 0.2) is 0 Å². The molecule has 0 aliphatic heterocycles. The topological polar surface area (TPSA) is 51.0 Å². The third-order valence-corrected chi connectivity index (χ3v) is 3.47. The van der Waals surface area contributed by atoms with Crippen molar-refractivity contribution in [3.05, 3.63) is 78.6 Å². The number of imidazole rings is 1. The monoisotopic (exact) mass is 292 g/mol. The Morgan fingerprint density at radius 3 is 2.64 bits per heavy atom. The van der Waals surface area contributed by atoms with E-state index >= 15 is 0 Å². The molecule has 22 heavy (non-hydrogen) atoms. The Morgan fingerprint density at radius 2 is 1.91 bits per heavy atom. The summed E-state index contributed by atoms with van der Waals surface area (Å²) in [5, 5.41) is 0. The molecule has 3 aromatic rings. The first kappa shape index (κ1) is 14.0. The first-order chi connectivity index (χ1) is 10.8. The number of hydrogen-bond acceptors (Lipinski definition) is 3. The van der Waals surface area contributed by atoms with Gasteiger partial charge in [-0.1, -0.05) is 30.3 Å². The van der Waals surface area contributed by atoms with Gasteiger partial charge in [0.2, 0.25) is 0 Å². The molecule has 0 atom stereocenters. The molecule has 0 aliphatic carbocycles. The number of benzene rings is 1. The summed E-state index contributed by atoms with van der Waals surface area (Å²) in [5.41, 5.74) is 2.42. The van der Waals surface area contributed by atoms with Crippen LogP contribution in [0.2, 0.25) is 0 Å². The largest absolute Gasteiger partial charge is 0.322 e. The van der Waals surface area contributed by atoms with E-state index in [-0.39, 0.29) is 5.91 Å². The molecule has 0 saturated carbocycles. The van der Waals surface area contributed by atoms with Crippen LogP contribution in [0.3, 0.4) is 0 Å². The summed E-state index contributed by atoms with van der Waals surface area (Å²) in [5.74, 6) is -0.110. The lowest BCUT2D eigenvalue weighted by atomic mass is 10.2. The molecule has 1 aromatic carbocycles. The first-order valence-corrected chi connectivity index (χ1v) is 6.98. The van der Waals surface area contributed by atoms with Gasteiger partial charge in [0, 0.05) is 19.8 Å². The molecular formula is C17H16N4O. The van der Waals surface area contributed by atoms with Crippen LogP contribution in [0.1, 0.15) is 16.1 Å². The summed E-state index contributed by atoms with van der Waals surface area (Å²) in [7, 11) is 1.74. The van der Waals surface area contributed by atoms with Crippen LogP contribution in [0, 0.1) is 0 Å². The van der Waals surface area contributed by atoms with Crippen molar-refractivity contribution in [3.8, 4) is 0 Å². The minimum atomic E-state index is -0.110. The Bertz CT molecular complexity index is 753. The van der Waals surface area contributed by atoms with Gasteiger partial charge in [0.05, 0.1) is 24.4 Å². The fraction of sp³-hybridized carbons (Fsp3) is 0.118. The Hall–Kier alpha value is -2.95. The Balaban J connectivity index is 1.84. The van der Waals surface area contributed by atoms with E-state index in [4.69, 9.17) is 0 Å². The number of amides is 1. The van der Waals surface area contributed by atoms with Crippen LogP contribution in [-0.2, 0) is 6.54 Å². The van der Waals surface area contributed by atoms with Crippen LogP contribution in [0.15, 0.2) is 67.4 Å². The van der Waals surface area contributed by atoms with Gasteiger partial charge < -0.3 is 9.47 Å². The number of carbonyl (C=O) groups is 1. The van der Waals surface area contributed by atoms with Crippen molar-refractivity contribution < 1.29 is 4.79 Å². The lowest BCUT2D eigenvalue weighted by Crippen LogP contribution is -2.28. The second-order valence-electron chi connectivity index (χ2n) is 4.97. The van der Waals surface area contributed by atoms with Gasteiger partial charge in [-0.2, -0.15) is 0 Å². The van der Waals surface area contributed by atoms with Gasteiger partial charge in [-0.3, -0.25) is 9.78 Å². The summed E-state index contributed by atoms with van der Waals surface area (Å²) in [6.45, 7) is 0.614. The first-order valence-electron chi connectivity index (χ1n) is 6.98. The van der Waals surface area contributed by atoms with E-state index in [2.05, 4.69) is 9.97 Å². The summed E-state index contributed by atoms with van der Waals surface area (Å²) >= 11 is 0. The summed E-state index contributed by atoms with van der Waals surface area (Å²) < 4.78 is 1.85. The molecule has 0 saturated heterocycles. The lowest BCUT2D eigenvalue weighted by molar-refractivity contribution is 0.0984. The van der Waals surface area contributed by atoms with Crippen LogP contribution in [0.5, 0.6) is 0 Å². The van der Waals surface area contributed by atoms with Gasteiger partial charge in [0.25, 0.3) is 5.91 Å². The normalized spacial score (nSPS) is 10.4. The SMILES string of the molecule is CN(C(=O)c1cncn1Cc1ccccc1)c1cccnc1. The van der Waals surface area contributed by atoms with Gasteiger partial charge in [0.1, 0.15) is 5.69 Å². The third kappa shape index (κ3) is 2.88. The number of nitrogens with zero attached hydrogens (tertiary/aromatic N) is 4. The van der Waals surface area contributed by atoms with E-state index in [0.29, 0.717) is 12.2 Å². The maximum Gasteiger partial charge on any atom is 0.276 e. The highest BCUT2D eigenvalue weighted by Gasteiger charge is 2.17. The zero-order valence-electron chi connectivity index (χ0n) is 12.3. The number of aromatic nitrogens is 3. The maximum atomic E-state index is 12.7. The molecule has 1 amide bonds. The summed E-state index contributed by atoms with van der Waals surface area (Å²) in [6, 6.07) is 13.6. The van der Waals surface area contributed by atoms with E-state index < -0.39 is 0 Å².